The molecule has 0 bridgehead atoms. The normalized spacial score (nSPS) is 11.6. The molecule has 0 aliphatic heterocycles. The molecule has 1 amide bonds. The maximum absolute atomic E-state index is 11.7. The molecule has 84 valence electrons. The van der Waals surface area contributed by atoms with Gasteiger partial charge in [0.25, 0.3) is 0 Å². The van der Waals surface area contributed by atoms with Crippen LogP contribution in [-0.2, 0) is 4.79 Å². The summed E-state index contributed by atoms with van der Waals surface area (Å²) in [6.45, 7) is 1.76. The molecule has 1 rings (SSSR count). The number of anilines is 1. The third kappa shape index (κ3) is 3.76. The molecule has 5 heteroatoms. The molecule has 1 aromatic carbocycles. The lowest BCUT2D eigenvalue weighted by atomic mass is 10.3. The number of hydrogen-bond donors (Lipinski definition) is 1. The molecule has 1 unspecified atom stereocenters. The van der Waals surface area contributed by atoms with Gasteiger partial charge in [-0.05, 0) is 19.1 Å². The highest BCUT2D eigenvalue weighted by Crippen LogP contribution is 2.21. The minimum Gasteiger partial charge on any atom is -0.324 e. The van der Waals surface area contributed by atoms with Gasteiger partial charge in [0.1, 0.15) is 0 Å². The first-order valence-corrected chi connectivity index (χ1v) is 6.11. The van der Waals surface area contributed by atoms with Crippen LogP contribution in [0.2, 0.25) is 5.02 Å². The van der Waals surface area contributed by atoms with E-state index in [4.69, 9.17) is 16.9 Å². The van der Waals surface area contributed by atoms with E-state index in [2.05, 4.69) is 5.32 Å². The molecule has 16 heavy (non-hydrogen) atoms. The van der Waals surface area contributed by atoms with Crippen molar-refractivity contribution < 1.29 is 4.79 Å². The fraction of sp³-hybridized carbons (Fsp3) is 0.273. The monoisotopic (exact) mass is 254 g/mol. The van der Waals surface area contributed by atoms with Gasteiger partial charge < -0.3 is 5.32 Å². The van der Waals surface area contributed by atoms with E-state index in [0.29, 0.717) is 16.5 Å². The number of carbonyl (C=O) groups excluding carboxylic acids is 1. The fourth-order valence-corrected chi connectivity index (χ4v) is 1.75. The lowest BCUT2D eigenvalue weighted by Crippen LogP contribution is -2.22. The highest BCUT2D eigenvalue weighted by Gasteiger charge is 2.13. The molecule has 0 spiro atoms. The Kier molecular flexibility index (Phi) is 5.17. The predicted molar refractivity (Wildman–Crippen MR) is 67.6 cm³/mol. The summed E-state index contributed by atoms with van der Waals surface area (Å²) in [5, 5.41) is 11.4. The Morgan fingerprint density at radius 3 is 2.94 bits per heavy atom. The highest BCUT2D eigenvalue weighted by molar-refractivity contribution is 8.00. The Morgan fingerprint density at radius 1 is 1.62 bits per heavy atom. The Balaban J connectivity index is 2.58. The number of para-hydroxylation sites is 1. The van der Waals surface area contributed by atoms with E-state index in [0.717, 1.165) is 0 Å². The predicted octanol–water partition coefficient (Wildman–Crippen LogP) is 2.92. The number of nitrogens with one attached hydrogen (secondary N) is 1. The maximum Gasteiger partial charge on any atom is 0.237 e. The first-order chi connectivity index (χ1) is 7.65. The molecular formula is C11H11ClN2OS. The van der Waals surface area contributed by atoms with E-state index in [1.807, 2.05) is 6.07 Å². The van der Waals surface area contributed by atoms with Crippen LogP contribution < -0.4 is 5.32 Å². The van der Waals surface area contributed by atoms with E-state index in [-0.39, 0.29) is 11.2 Å². The summed E-state index contributed by atoms with van der Waals surface area (Å²) in [5.41, 5.74) is 0.596. The molecule has 1 atom stereocenters. The van der Waals surface area contributed by atoms with Crippen LogP contribution in [0.3, 0.4) is 0 Å². The van der Waals surface area contributed by atoms with Crippen LogP contribution >= 0.6 is 23.4 Å². The van der Waals surface area contributed by atoms with Gasteiger partial charge in [0.2, 0.25) is 5.91 Å². The van der Waals surface area contributed by atoms with E-state index >= 15 is 0 Å². The van der Waals surface area contributed by atoms with Gasteiger partial charge in [0.15, 0.2) is 0 Å². The van der Waals surface area contributed by atoms with Gasteiger partial charge in [0.05, 0.1) is 27.8 Å². The van der Waals surface area contributed by atoms with Crippen molar-refractivity contribution in [1.82, 2.24) is 0 Å². The van der Waals surface area contributed by atoms with Gasteiger partial charge in [-0.25, -0.2) is 0 Å². The average Bonchev–Trinajstić information content (AvgIpc) is 2.28. The van der Waals surface area contributed by atoms with Gasteiger partial charge in [-0.1, -0.05) is 23.7 Å². The molecule has 0 aromatic heterocycles. The van der Waals surface area contributed by atoms with Crippen molar-refractivity contribution in [2.45, 2.75) is 12.2 Å². The average molecular weight is 255 g/mol. The Labute approximate surface area is 104 Å². The van der Waals surface area contributed by atoms with Crippen LogP contribution in [0, 0.1) is 11.3 Å². The van der Waals surface area contributed by atoms with Crippen LogP contribution in [0.1, 0.15) is 6.92 Å². The largest absolute Gasteiger partial charge is 0.324 e. The van der Waals surface area contributed by atoms with Crippen molar-refractivity contribution >= 4 is 35.0 Å². The van der Waals surface area contributed by atoms with Crippen LogP contribution in [0.4, 0.5) is 5.69 Å². The minimum absolute atomic E-state index is 0.145. The number of amides is 1. The second-order valence-electron chi connectivity index (χ2n) is 3.08. The molecule has 0 fully saturated rings. The lowest BCUT2D eigenvalue weighted by Gasteiger charge is -2.11. The zero-order chi connectivity index (χ0) is 12.0. The zero-order valence-corrected chi connectivity index (χ0v) is 10.3. The van der Waals surface area contributed by atoms with Crippen molar-refractivity contribution in [3.05, 3.63) is 29.3 Å². The summed E-state index contributed by atoms with van der Waals surface area (Å²) in [6.07, 6.45) is 0. The topological polar surface area (TPSA) is 52.9 Å². The second kappa shape index (κ2) is 6.41. The summed E-state index contributed by atoms with van der Waals surface area (Å²) >= 11 is 7.20. The molecule has 0 saturated carbocycles. The summed E-state index contributed by atoms with van der Waals surface area (Å²) in [6, 6.07) is 9.03. The SMILES string of the molecule is CC(SCC#N)C(=O)Nc1ccccc1Cl. The van der Waals surface area contributed by atoms with Crippen molar-refractivity contribution in [1.29, 1.82) is 5.26 Å². The van der Waals surface area contributed by atoms with Gasteiger partial charge in [-0.2, -0.15) is 5.26 Å². The molecule has 0 radical (unpaired) electrons. The molecule has 0 heterocycles. The second-order valence-corrected chi connectivity index (χ2v) is 4.82. The Bertz CT molecular complexity index is 417. The van der Waals surface area contributed by atoms with Gasteiger partial charge in [-0.15, -0.1) is 11.8 Å². The maximum atomic E-state index is 11.7. The summed E-state index contributed by atoms with van der Waals surface area (Å²) in [5.74, 6) is 0.158. The first-order valence-electron chi connectivity index (χ1n) is 4.69. The van der Waals surface area contributed by atoms with Crippen LogP contribution in [0.15, 0.2) is 24.3 Å². The number of nitriles is 1. The van der Waals surface area contributed by atoms with E-state index in [1.54, 1.807) is 31.2 Å². The van der Waals surface area contributed by atoms with E-state index in [9.17, 15) is 4.79 Å². The molecule has 0 aliphatic carbocycles. The number of rotatable bonds is 4. The van der Waals surface area contributed by atoms with Gasteiger partial charge in [0, 0.05) is 0 Å². The van der Waals surface area contributed by atoms with E-state index < -0.39 is 0 Å². The summed E-state index contributed by atoms with van der Waals surface area (Å²) in [4.78, 5) is 11.7. The Morgan fingerprint density at radius 2 is 2.31 bits per heavy atom. The van der Waals surface area contributed by atoms with Gasteiger partial charge in [-0.3, -0.25) is 4.79 Å². The van der Waals surface area contributed by atoms with Crippen molar-refractivity contribution in [2.24, 2.45) is 0 Å². The van der Waals surface area contributed by atoms with Crippen molar-refractivity contribution in [3.8, 4) is 6.07 Å². The number of benzene rings is 1. The third-order valence-electron chi connectivity index (χ3n) is 1.90. The smallest absolute Gasteiger partial charge is 0.237 e. The lowest BCUT2D eigenvalue weighted by molar-refractivity contribution is -0.115. The highest BCUT2D eigenvalue weighted by atomic mass is 35.5. The van der Waals surface area contributed by atoms with Crippen LogP contribution in [-0.4, -0.2) is 16.9 Å². The molecule has 0 saturated heterocycles. The molecular weight excluding hydrogens is 244 g/mol. The van der Waals surface area contributed by atoms with Crippen LogP contribution in [0.5, 0.6) is 0 Å². The molecule has 3 nitrogen and oxygen atoms in total. The Hall–Kier alpha value is -1.18. The number of carbonyl (C=O) groups is 1. The molecule has 0 aliphatic rings. The fourth-order valence-electron chi connectivity index (χ4n) is 1.03. The number of thioether (sulfide) groups is 1. The number of nitrogens with zero attached hydrogens (tertiary/aromatic N) is 1. The zero-order valence-electron chi connectivity index (χ0n) is 8.74. The number of hydrogen-bond acceptors (Lipinski definition) is 3. The van der Waals surface area contributed by atoms with Crippen LogP contribution in [0.25, 0.3) is 0 Å². The number of halogens is 1. The summed E-state index contributed by atoms with van der Waals surface area (Å²) < 4.78 is 0. The standard InChI is InChI=1S/C11H11ClN2OS/c1-8(16-7-6-13)11(15)14-10-5-3-2-4-9(10)12/h2-5,8H,7H2,1H3,(H,14,15). The van der Waals surface area contributed by atoms with Crippen molar-refractivity contribution in [2.75, 3.05) is 11.1 Å². The quantitative estimate of drug-likeness (QED) is 0.899. The van der Waals surface area contributed by atoms with Crippen molar-refractivity contribution in [3.63, 3.8) is 0 Å². The minimum atomic E-state index is -0.268. The first kappa shape index (κ1) is 12.9. The third-order valence-corrected chi connectivity index (χ3v) is 3.24. The van der Waals surface area contributed by atoms with E-state index in [1.165, 1.54) is 11.8 Å². The van der Waals surface area contributed by atoms with Gasteiger partial charge >= 0.3 is 0 Å². The summed E-state index contributed by atoms with van der Waals surface area (Å²) in [7, 11) is 0. The molecule has 1 aromatic rings. The molecule has 1 N–H and O–H groups in total.